The summed E-state index contributed by atoms with van der Waals surface area (Å²) in [7, 11) is 1.59. The SMILES string of the molecule is COc1cccc(-c2cc(NC(=O)Cc3ccc(-c4nn(C(C)C)c(N)c4C(N)=O)cc3)on2)c1. The molecule has 4 aromatic rings. The van der Waals surface area contributed by atoms with Gasteiger partial charge >= 0.3 is 0 Å². The van der Waals surface area contributed by atoms with Crippen LogP contribution < -0.4 is 21.5 Å². The van der Waals surface area contributed by atoms with Crippen molar-refractivity contribution in [3.63, 3.8) is 0 Å². The number of nitrogens with one attached hydrogen (secondary N) is 1. The molecule has 4 rings (SSSR count). The smallest absolute Gasteiger partial charge is 0.254 e. The lowest BCUT2D eigenvalue weighted by molar-refractivity contribution is -0.115. The minimum atomic E-state index is -0.645. The molecule has 0 aliphatic rings. The number of ether oxygens (including phenoxy) is 1. The molecule has 0 unspecified atom stereocenters. The molecule has 0 spiro atoms. The second kappa shape index (κ2) is 9.72. The van der Waals surface area contributed by atoms with Gasteiger partial charge in [0.15, 0.2) is 0 Å². The maximum atomic E-state index is 12.5. The van der Waals surface area contributed by atoms with Gasteiger partial charge < -0.3 is 20.7 Å². The van der Waals surface area contributed by atoms with Gasteiger partial charge in [-0.1, -0.05) is 41.6 Å². The minimum Gasteiger partial charge on any atom is -0.497 e. The Morgan fingerprint density at radius 2 is 1.86 bits per heavy atom. The summed E-state index contributed by atoms with van der Waals surface area (Å²) >= 11 is 0. The predicted molar refractivity (Wildman–Crippen MR) is 132 cm³/mol. The largest absolute Gasteiger partial charge is 0.497 e. The van der Waals surface area contributed by atoms with Crippen LogP contribution in [0.15, 0.2) is 59.1 Å². The van der Waals surface area contributed by atoms with Crippen LogP contribution in [0.1, 0.15) is 35.8 Å². The molecule has 2 amide bonds. The summed E-state index contributed by atoms with van der Waals surface area (Å²) < 4.78 is 12.0. The van der Waals surface area contributed by atoms with E-state index in [1.807, 2.05) is 38.1 Å². The number of nitrogens with two attached hydrogens (primary N) is 2. The molecule has 10 heteroatoms. The lowest BCUT2D eigenvalue weighted by atomic mass is 10.0. The third-order valence-electron chi connectivity index (χ3n) is 5.41. The average molecular weight is 475 g/mol. The number of benzene rings is 2. The van der Waals surface area contributed by atoms with Gasteiger partial charge in [0, 0.05) is 23.2 Å². The predicted octanol–water partition coefficient (Wildman–Crippen LogP) is 3.66. The molecule has 0 saturated heterocycles. The Kier molecular flexibility index (Phi) is 6.54. The molecule has 0 aliphatic heterocycles. The molecule has 0 fully saturated rings. The number of carbonyl (C=O) groups is 2. The van der Waals surface area contributed by atoms with Crippen molar-refractivity contribution in [2.75, 3.05) is 18.2 Å². The summed E-state index contributed by atoms with van der Waals surface area (Å²) in [5.74, 6) is 0.253. The number of nitrogens with zero attached hydrogens (tertiary/aromatic N) is 3. The van der Waals surface area contributed by atoms with E-state index >= 15 is 0 Å². The Morgan fingerprint density at radius 1 is 1.11 bits per heavy atom. The maximum absolute atomic E-state index is 12.5. The number of methoxy groups -OCH3 is 1. The summed E-state index contributed by atoms with van der Waals surface area (Å²) in [6.45, 7) is 3.82. The van der Waals surface area contributed by atoms with Gasteiger partial charge in [-0.25, -0.2) is 4.68 Å². The number of hydrogen-bond acceptors (Lipinski definition) is 7. The molecule has 2 aromatic heterocycles. The van der Waals surface area contributed by atoms with E-state index < -0.39 is 5.91 Å². The first-order chi connectivity index (χ1) is 16.8. The van der Waals surface area contributed by atoms with E-state index in [-0.39, 0.29) is 35.6 Å². The summed E-state index contributed by atoms with van der Waals surface area (Å²) in [5, 5.41) is 11.2. The number of aromatic nitrogens is 3. The second-order valence-corrected chi connectivity index (χ2v) is 8.24. The number of hydrogen-bond donors (Lipinski definition) is 3. The molecule has 2 aromatic carbocycles. The Hall–Kier alpha value is -4.60. The fourth-order valence-electron chi connectivity index (χ4n) is 3.69. The highest BCUT2D eigenvalue weighted by atomic mass is 16.5. The van der Waals surface area contributed by atoms with Gasteiger partial charge in [0.05, 0.1) is 13.5 Å². The molecule has 0 radical (unpaired) electrons. The first kappa shape index (κ1) is 23.6. The Balaban J connectivity index is 1.45. The molecule has 180 valence electrons. The molecule has 2 heterocycles. The number of primary amides is 1. The molecule has 10 nitrogen and oxygen atoms in total. The normalized spacial score (nSPS) is 11.0. The Bertz CT molecular complexity index is 1370. The van der Waals surface area contributed by atoms with E-state index in [0.29, 0.717) is 22.7 Å². The second-order valence-electron chi connectivity index (χ2n) is 8.24. The number of carbonyl (C=O) groups excluding carboxylic acids is 2. The van der Waals surface area contributed by atoms with Crippen LogP contribution in [-0.4, -0.2) is 33.9 Å². The first-order valence-electron chi connectivity index (χ1n) is 10.9. The summed E-state index contributed by atoms with van der Waals surface area (Å²) in [6, 6.07) is 16.1. The summed E-state index contributed by atoms with van der Waals surface area (Å²) in [4.78, 5) is 24.5. The van der Waals surface area contributed by atoms with Crippen molar-refractivity contribution in [1.29, 1.82) is 0 Å². The van der Waals surface area contributed by atoms with Crippen LogP contribution in [0.2, 0.25) is 0 Å². The molecule has 35 heavy (non-hydrogen) atoms. The molecule has 0 atom stereocenters. The average Bonchev–Trinajstić information content (AvgIpc) is 3.44. The van der Waals surface area contributed by atoms with Gasteiger partial charge in [-0.15, -0.1) is 0 Å². The van der Waals surface area contributed by atoms with Crippen molar-refractivity contribution in [2.45, 2.75) is 26.3 Å². The standard InChI is InChI=1S/C25H26N6O4/c1-14(2)31-24(26)22(25(27)33)23(29-31)16-9-7-15(8-10-16)11-20(32)28-21-13-19(30-35-21)17-5-4-6-18(12-17)34-3/h4-10,12-14H,11,26H2,1-3H3,(H2,27,33)(H,28,32). The fraction of sp³-hybridized carbons (Fsp3) is 0.200. The van der Waals surface area contributed by atoms with Crippen LogP contribution in [0.25, 0.3) is 22.5 Å². The van der Waals surface area contributed by atoms with E-state index in [4.69, 9.17) is 20.7 Å². The summed E-state index contributed by atoms with van der Waals surface area (Å²) in [5.41, 5.74) is 15.0. The Morgan fingerprint density at radius 3 is 2.51 bits per heavy atom. The summed E-state index contributed by atoms with van der Waals surface area (Å²) in [6.07, 6.45) is 0.112. The minimum absolute atomic E-state index is 0.0367. The molecular weight excluding hydrogens is 448 g/mol. The molecule has 0 saturated carbocycles. The lowest BCUT2D eigenvalue weighted by Crippen LogP contribution is -2.15. The highest BCUT2D eigenvalue weighted by molar-refractivity contribution is 6.03. The first-order valence-corrected chi connectivity index (χ1v) is 10.9. The van der Waals surface area contributed by atoms with E-state index in [2.05, 4.69) is 15.6 Å². The van der Waals surface area contributed by atoms with Crippen molar-refractivity contribution in [3.8, 4) is 28.3 Å². The van der Waals surface area contributed by atoms with Gasteiger partial charge in [0.25, 0.3) is 5.91 Å². The molecular formula is C25H26N6O4. The van der Waals surface area contributed by atoms with Crippen LogP contribution in [0.5, 0.6) is 5.75 Å². The zero-order chi connectivity index (χ0) is 25.1. The van der Waals surface area contributed by atoms with Crippen LogP contribution >= 0.6 is 0 Å². The quantitative estimate of drug-likeness (QED) is 0.352. The van der Waals surface area contributed by atoms with Crippen molar-refractivity contribution in [3.05, 3.63) is 65.7 Å². The van der Waals surface area contributed by atoms with Crippen LogP contribution in [0.4, 0.5) is 11.7 Å². The Labute approximate surface area is 201 Å². The van der Waals surface area contributed by atoms with Crippen molar-refractivity contribution in [1.82, 2.24) is 14.9 Å². The highest BCUT2D eigenvalue weighted by Crippen LogP contribution is 2.29. The maximum Gasteiger partial charge on any atom is 0.254 e. The van der Waals surface area contributed by atoms with Gasteiger partial charge in [-0.05, 0) is 31.5 Å². The monoisotopic (exact) mass is 474 g/mol. The van der Waals surface area contributed by atoms with Crippen LogP contribution in [0.3, 0.4) is 0 Å². The number of nitrogen functional groups attached to an aromatic ring is 1. The molecule has 0 bridgehead atoms. The van der Waals surface area contributed by atoms with Crippen molar-refractivity contribution >= 4 is 23.5 Å². The number of rotatable bonds is 8. The van der Waals surface area contributed by atoms with Crippen LogP contribution in [-0.2, 0) is 11.2 Å². The third kappa shape index (κ3) is 5.01. The van der Waals surface area contributed by atoms with Crippen LogP contribution in [0, 0.1) is 0 Å². The zero-order valence-electron chi connectivity index (χ0n) is 19.6. The van der Waals surface area contributed by atoms with E-state index in [0.717, 1.165) is 11.1 Å². The lowest BCUT2D eigenvalue weighted by Gasteiger charge is -2.07. The molecule has 0 aliphatic carbocycles. The number of anilines is 2. The molecule has 5 N–H and O–H groups in total. The van der Waals surface area contributed by atoms with Crippen molar-refractivity contribution < 1.29 is 18.8 Å². The van der Waals surface area contributed by atoms with Gasteiger partial charge in [-0.3, -0.25) is 14.9 Å². The third-order valence-corrected chi connectivity index (χ3v) is 5.41. The zero-order valence-corrected chi connectivity index (χ0v) is 19.6. The fourth-order valence-corrected chi connectivity index (χ4v) is 3.69. The van der Waals surface area contributed by atoms with Gasteiger partial charge in [0.2, 0.25) is 11.8 Å². The van der Waals surface area contributed by atoms with E-state index in [1.54, 1.807) is 42.1 Å². The van der Waals surface area contributed by atoms with Crippen molar-refractivity contribution in [2.24, 2.45) is 5.73 Å². The topological polar surface area (TPSA) is 151 Å². The number of amides is 2. The van der Waals surface area contributed by atoms with E-state index in [9.17, 15) is 9.59 Å². The van der Waals surface area contributed by atoms with Gasteiger partial charge in [0.1, 0.15) is 28.5 Å². The van der Waals surface area contributed by atoms with E-state index in [1.165, 1.54) is 0 Å². The highest BCUT2D eigenvalue weighted by Gasteiger charge is 2.22. The van der Waals surface area contributed by atoms with Gasteiger partial charge in [-0.2, -0.15) is 5.10 Å².